The highest BCUT2D eigenvalue weighted by atomic mass is 32.2. The Morgan fingerprint density at radius 3 is 2.44 bits per heavy atom. The molecule has 3 rings (SSSR count). The van der Waals surface area contributed by atoms with Crippen molar-refractivity contribution < 1.29 is 18.0 Å². The zero-order valence-corrected chi connectivity index (χ0v) is 18.4. The Labute approximate surface area is 186 Å². The number of imidazole rings is 1. The van der Waals surface area contributed by atoms with E-state index >= 15 is 0 Å². The number of sulfonamides is 1. The smallest absolute Gasteiger partial charge is 0.255 e. The minimum Gasteiger partial charge on any atom is -0.337 e. The van der Waals surface area contributed by atoms with Crippen molar-refractivity contribution in [2.24, 2.45) is 0 Å². The lowest BCUT2D eigenvalue weighted by Gasteiger charge is -2.10. The molecule has 0 aliphatic rings. The predicted molar refractivity (Wildman–Crippen MR) is 124 cm³/mol. The van der Waals surface area contributed by atoms with E-state index in [2.05, 4.69) is 20.3 Å². The summed E-state index contributed by atoms with van der Waals surface area (Å²) >= 11 is 0. The molecule has 0 bridgehead atoms. The van der Waals surface area contributed by atoms with Crippen molar-refractivity contribution >= 4 is 38.9 Å². The van der Waals surface area contributed by atoms with Crippen LogP contribution in [0.4, 0.5) is 17.1 Å². The second kappa shape index (κ2) is 10.6. The van der Waals surface area contributed by atoms with Gasteiger partial charge in [-0.25, -0.2) is 13.4 Å². The summed E-state index contributed by atoms with van der Waals surface area (Å²) in [4.78, 5) is 28.7. The zero-order chi connectivity index (χ0) is 23.0. The van der Waals surface area contributed by atoms with Crippen LogP contribution in [0, 0.1) is 0 Å². The first-order chi connectivity index (χ1) is 15.3. The van der Waals surface area contributed by atoms with E-state index in [1.54, 1.807) is 74.2 Å². The minimum absolute atomic E-state index is 0.0436. The number of anilines is 3. The number of benzene rings is 2. The molecule has 0 fully saturated rings. The lowest BCUT2D eigenvalue weighted by Crippen LogP contribution is -2.16. The summed E-state index contributed by atoms with van der Waals surface area (Å²) < 4.78 is 28.0. The average Bonchev–Trinajstić information content (AvgIpc) is 3.27. The van der Waals surface area contributed by atoms with Gasteiger partial charge in [-0.2, -0.15) is 0 Å². The van der Waals surface area contributed by atoms with E-state index in [1.165, 1.54) is 0 Å². The topological polar surface area (TPSA) is 122 Å². The normalized spacial score (nSPS) is 11.0. The minimum atomic E-state index is -3.37. The molecule has 0 unspecified atom stereocenters. The van der Waals surface area contributed by atoms with Crippen molar-refractivity contribution in [3.8, 4) is 0 Å². The van der Waals surface area contributed by atoms with Gasteiger partial charge in [-0.1, -0.05) is 13.0 Å². The second-order valence-electron chi connectivity index (χ2n) is 7.13. The Hall–Kier alpha value is -3.66. The Morgan fingerprint density at radius 2 is 1.75 bits per heavy atom. The van der Waals surface area contributed by atoms with Crippen LogP contribution in [0.3, 0.4) is 0 Å². The molecule has 2 aromatic carbocycles. The second-order valence-corrected chi connectivity index (χ2v) is 8.97. The fraction of sp³-hybridized carbons (Fsp3) is 0.227. The molecule has 0 radical (unpaired) electrons. The van der Waals surface area contributed by atoms with Gasteiger partial charge in [0.1, 0.15) is 0 Å². The van der Waals surface area contributed by atoms with Gasteiger partial charge in [0, 0.05) is 48.0 Å². The van der Waals surface area contributed by atoms with Crippen LogP contribution in [-0.2, 0) is 21.4 Å². The summed E-state index contributed by atoms with van der Waals surface area (Å²) in [5.74, 6) is -0.474. The summed E-state index contributed by atoms with van der Waals surface area (Å²) in [7, 11) is -3.37. The summed E-state index contributed by atoms with van der Waals surface area (Å²) in [6.07, 6.45) is 5.88. The highest BCUT2D eigenvalue weighted by molar-refractivity contribution is 7.92. The van der Waals surface area contributed by atoms with E-state index < -0.39 is 10.0 Å². The number of hydrogen-bond donors (Lipinski definition) is 3. The summed E-state index contributed by atoms with van der Waals surface area (Å²) in [6.45, 7) is 2.30. The molecule has 3 aromatic rings. The molecule has 1 heterocycles. The number of carbonyl (C=O) groups is 2. The summed E-state index contributed by atoms with van der Waals surface area (Å²) in [5.41, 5.74) is 1.85. The lowest BCUT2D eigenvalue weighted by molar-refractivity contribution is -0.116. The molecule has 0 atom stereocenters. The van der Waals surface area contributed by atoms with Gasteiger partial charge < -0.3 is 15.2 Å². The molecule has 9 nitrogen and oxygen atoms in total. The van der Waals surface area contributed by atoms with Crippen LogP contribution in [0.2, 0.25) is 0 Å². The fourth-order valence-electron chi connectivity index (χ4n) is 2.94. The quantitative estimate of drug-likeness (QED) is 0.433. The number of nitrogens with one attached hydrogen (secondary N) is 3. The maximum atomic E-state index is 12.6. The van der Waals surface area contributed by atoms with E-state index in [-0.39, 0.29) is 24.0 Å². The first kappa shape index (κ1) is 23.0. The highest BCUT2D eigenvalue weighted by Gasteiger charge is 2.11. The van der Waals surface area contributed by atoms with Gasteiger partial charge in [-0.05, 0) is 48.9 Å². The monoisotopic (exact) mass is 455 g/mol. The van der Waals surface area contributed by atoms with Gasteiger partial charge in [-0.3, -0.25) is 14.3 Å². The Kier molecular flexibility index (Phi) is 7.61. The van der Waals surface area contributed by atoms with Crippen LogP contribution in [-0.4, -0.2) is 35.5 Å². The van der Waals surface area contributed by atoms with Crippen molar-refractivity contribution in [1.29, 1.82) is 0 Å². The number of rotatable bonds is 10. The van der Waals surface area contributed by atoms with Gasteiger partial charge in [-0.15, -0.1) is 0 Å². The largest absolute Gasteiger partial charge is 0.337 e. The molecule has 32 heavy (non-hydrogen) atoms. The molecule has 168 valence electrons. The molecule has 2 amide bonds. The molecule has 0 saturated carbocycles. The molecule has 0 spiro atoms. The number of nitrogens with zero attached hydrogens (tertiary/aromatic N) is 2. The SMILES string of the molecule is CCCS(=O)(=O)Nc1ccc(NC(=O)c2cccc(NC(=O)CCn3ccnc3)c2)cc1. The average molecular weight is 456 g/mol. The van der Waals surface area contributed by atoms with E-state index in [9.17, 15) is 18.0 Å². The van der Waals surface area contributed by atoms with Crippen molar-refractivity contribution in [2.45, 2.75) is 26.3 Å². The van der Waals surface area contributed by atoms with Crippen molar-refractivity contribution in [3.63, 3.8) is 0 Å². The molecule has 0 aliphatic heterocycles. The highest BCUT2D eigenvalue weighted by Crippen LogP contribution is 2.17. The zero-order valence-electron chi connectivity index (χ0n) is 17.6. The van der Waals surface area contributed by atoms with Crippen molar-refractivity contribution in [3.05, 3.63) is 72.8 Å². The van der Waals surface area contributed by atoms with Crippen molar-refractivity contribution in [1.82, 2.24) is 9.55 Å². The number of carbonyl (C=O) groups excluding carboxylic acids is 2. The maximum absolute atomic E-state index is 12.6. The molecule has 10 heteroatoms. The van der Waals surface area contributed by atoms with Crippen LogP contribution in [0.15, 0.2) is 67.3 Å². The molecule has 3 N–H and O–H groups in total. The van der Waals surface area contributed by atoms with E-state index in [0.29, 0.717) is 35.6 Å². The number of aromatic nitrogens is 2. The standard InChI is InChI=1S/C22H25N5O4S/c1-2-14-32(30,31)26-19-8-6-18(7-9-19)25-22(29)17-4-3-5-20(15-17)24-21(28)10-12-27-13-11-23-16-27/h3-9,11,13,15-16,26H,2,10,12,14H2,1H3,(H,24,28)(H,25,29). The van der Waals surface area contributed by atoms with Crippen LogP contribution < -0.4 is 15.4 Å². The van der Waals surface area contributed by atoms with Gasteiger partial charge in [0.25, 0.3) is 5.91 Å². The maximum Gasteiger partial charge on any atom is 0.255 e. The molecule has 1 aromatic heterocycles. The van der Waals surface area contributed by atoms with E-state index in [4.69, 9.17) is 0 Å². The Morgan fingerprint density at radius 1 is 1.00 bits per heavy atom. The third-order valence-corrected chi connectivity index (χ3v) is 5.95. The third-order valence-electron chi connectivity index (χ3n) is 4.45. The van der Waals surface area contributed by atoms with Crippen LogP contribution in [0.25, 0.3) is 0 Å². The summed E-state index contributed by atoms with van der Waals surface area (Å²) in [5, 5.41) is 5.54. The van der Waals surface area contributed by atoms with E-state index in [0.717, 1.165) is 0 Å². The first-order valence-electron chi connectivity index (χ1n) is 10.1. The predicted octanol–water partition coefficient (Wildman–Crippen LogP) is 3.32. The molecular formula is C22H25N5O4S. The lowest BCUT2D eigenvalue weighted by atomic mass is 10.1. The van der Waals surface area contributed by atoms with Crippen LogP contribution >= 0.6 is 0 Å². The summed E-state index contributed by atoms with van der Waals surface area (Å²) in [6, 6.07) is 13.0. The van der Waals surface area contributed by atoms with Gasteiger partial charge in [0.2, 0.25) is 15.9 Å². The molecule has 0 saturated heterocycles. The van der Waals surface area contributed by atoms with Gasteiger partial charge >= 0.3 is 0 Å². The fourth-order valence-corrected chi connectivity index (χ4v) is 4.07. The molecular weight excluding hydrogens is 430 g/mol. The van der Waals surface area contributed by atoms with Gasteiger partial charge in [0.15, 0.2) is 0 Å². The first-order valence-corrected chi connectivity index (χ1v) is 11.8. The van der Waals surface area contributed by atoms with Gasteiger partial charge in [0.05, 0.1) is 12.1 Å². The third kappa shape index (κ3) is 6.95. The number of hydrogen-bond acceptors (Lipinski definition) is 5. The Balaban J connectivity index is 1.56. The van der Waals surface area contributed by atoms with Crippen molar-refractivity contribution in [2.75, 3.05) is 21.1 Å². The van der Waals surface area contributed by atoms with Crippen LogP contribution in [0.1, 0.15) is 30.1 Å². The number of amides is 2. The molecule has 0 aliphatic carbocycles. The van der Waals surface area contributed by atoms with E-state index in [1.807, 2.05) is 4.57 Å². The number of aryl methyl sites for hydroxylation is 1. The Bertz CT molecular complexity index is 1160. The van der Waals surface area contributed by atoms with Crippen LogP contribution in [0.5, 0.6) is 0 Å².